The number of ether oxygens (including phenoxy) is 1. The second kappa shape index (κ2) is 7.57. The van der Waals surface area contributed by atoms with Gasteiger partial charge < -0.3 is 14.6 Å². The maximum atomic E-state index is 12.2. The molecule has 7 heteroatoms. The van der Waals surface area contributed by atoms with Gasteiger partial charge in [0.05, 0.1) is 0 Å². The van der Waals surface area contributed by atoms with Crippen molar-refractivity contribution in [1.29, 1.82) is 0 Å². The molecule has 1 fully saturated rings. The van der Waals surface area contributed by atoms with Gasteiger partial charge in [-0.2, -0.15) is 0 Å². The fraction of sp³-hybridized carbons (Fsp3) is 0.444. The zero-order valence-electron chi connectivity index (χ0n) is 14.5. The second-order valence-corrected chi connectivity index (χ2v) is 6.24. The molecule has 0 aliphatic carbocycles. The molecule has 1 amide bonds. The standard InChI is InChI=1S/C18H22N4O3/c1-12-6-7-14(18(24)22(12)2)17(23)21-11-13-9-19-16(20-10-13)15-5-3-4-8-25-15/h6-7,9-10,15H,3-5,8,11H2,1-2H3,(H,21,23)/t15-/m0/s1. The van der Waals surface area contributed by atoms with Crippen LogP contribution in [0.4, 0.5) is 0 Å². The van der Waals surface area contributed by atoms with Gasteiger partial charge in [-0.1, -0.05) is 0 Å². The van der Waals surface area contributed by atoms with Crippen LogP contribution >= 0.6 is 0 Å². The van der Waals surface area contributed by atoms with E-state index in [0.717, 1.165) is 37.1 Å². The lowest BCUT2D eigenvalue weighted by Gasteiger charge is -2.21. The summed E-state index contributed by atoms with van der Waals surface area (Å²) in [5.74, 6) is 0.280. The van der Waals surface area contributed by atoms with Gasteiger partial charge in [-0.3, -0.25) is 9.59 Å². The van der Waals surface area contributed by atoms with E-state index in [4.69, 9.17) is 4.74 Å². The third kappa shape index (κ3) is 3.93. The number of hydrogen-bond donors (Lipinski definition) is 1. The van der Waals surface area contributed by atoms with E-state index in [-0.39, 0.29) is 23.8 Å². The average molecular weight is 342 g/mol. The highest BCUT2D eigenvalue weighted by Gasteiger charge is 2.18. The lowest BCUT2D eigenvalue weighted by atomic mass is 10.1. The summed E-state index contributed by atoms with van der Waals surface area (Å²) in [6, 6.07) is 3.30. The van der Waals surface area contributed by atoms with E-state index in [1.807, 2.05) is 6.92 Å². The SMILES string of the molecule is Cc1ccc(C(=O)NCc2cnc([C@@H]3CCCCO3)nc2)c(=O)n1C. The Kier molecular flexibility index (Phi) is 5.23. The minimum absolute atomic E-state index is 0.0343. The van der Waals surface area contributed by atoms with Crippen LogP contribution in [0.5, 0.6) is 0 Å². The smallest absolute Gasteiger partial charge is 0.263 e. The monoisotopic (exact) mass is 342 g/mol. The van der Waals surface area contributed by atoms with Crippen molar-refractivity contribution in [3.8, 4) is 0 Å². The molecule has 132 valence electrons. The molecule has 3 rings (SSSR count). The minimum atomic E-state index is -0.403. The molecule has 0 radical (unpaired) electrons. The minimum Gasteiger partial charge on any atom is -0.370 e. The molecule has 7 nitrogen and oxygen atoms in total. The molecule has 1 aliphatic heterocycles. The molecule has 0 aromatic carbocycles. The fourth-order valence-electron chi connectivity index (χ4n) is 2.74. The topological polar surface area (TPSA) is 86.1 Å². The fourth-order valence-corrected chi connectivity index (χ4v) is 2.74. The Balaban J connectivity index is 1.62. The molecule has 25 heavy (non-hydrogen) atoms. The van der Waals surface area contributed by atoms with Crippen molar-refractivity contribution in [2.24, 2.45) is 7.05 Å². The molecule has 0 saturated carbocycles. The van der Waals surface area contributed by atoms with Crippen LogP contribution in [0.3, 0.4) is 0 Å². The van der Waals surface area contributed by atoms with Crippen LogP contribution in [0.15, 0.2) is 29.3 Å². The lowest BCUT2D eigenvalue weighted by Crippen LogP contribution is -2.32. The molecule has 0 spiro atoms. The summed E-state index contributed by atoms with van der Waals surface area (Å²) < 4.78 is 7.12. The Morgan fingerprint density at radius 2 is 2.08 bits per heavy atom. The third-order valence-corrected chi connectivity index (χ3v) is 4.45. The molecule has 2 aromatic heterocycles. The van der Waals surface area contributed by atoms with Gasteiger partial charge in [-0.05, 0) is 38.3 Å². The summed E-state index contributed by atoms with van der Waals surface area (Å²) in [4.78, 5) is 33.0. The maximum Gasteiger partial charge on any atom is 0.263 e. The Hall–Kier alpha value is -2.54. The zero-order valence-corrected chi connectivity index (χ0v) is 14.5. The summed E-state index contributed by atoms with van der Waals surface area (Å²) >= 11 is 0. The maximum absolute atomic E-state index is 12.2. The van der Waals surface area contributed by atoms with E-state index >= 15 is 0 Å². The van der Waals surface area contributed by atoms with Gasteiger partial charge in [0.15, 0.2) is 5.82 Å². The van der Waals surface area contributed by atoms with Gasteiger partial charge in [0.1, 0.15) is 11.7 Å². The average Bonchev–Trinajstić information content (AvgIpc) is 2.65. The quantitative estimate of drug-likeness (QED) is 0.913. The molecule has 1 aliphatic rings. The molecular weight excluding hydrogens is 320 g/mol. The lowest BCUT2D eigenvalue weighted by molar-refractivity contribution is 0.00940. The van der Waals surface area contributed by atoms with Crippen molar-refractivity contribution >= 4 is 5.91 Å². The highest BCUT2D eigenvalue weighted by molar-refractivity contribution is 5.93. The van der Waals surface area contributed by atoms with Gasteiger partial charge >= 0.3 is 0 Å². The Morgan fingerprint density at radius 1 is 1.32 bits per heavy atom. The first-order valence-electron chi connectivity index (χ1n) is 8.43. The van der Waals surface area contributed by atoms with Crippen molar-refractivity contribution < 1.29 is 9.53 Å². The molecule has 0 unspecified atom stereocenters. The van der Waals surface area contributed by atoms with Gasteiger partial charge in [-0.25, -0.2) is 9.97 Å². The van der Waals surface area contributed by atoms with E-state index in [1.54, 1.807) is 31.6 Å². The molecule has 1 atom stereocenters. The van der Waals surface area contributed by atoms with Crippen molar-refractivity contribution in [2.75, 3.05) is 6.61 Å². The number of carbonyl (C=O) groups is 1. The number of nitrogens with zero attached hydrogens (tertiary/aromatic N) is 3. The van der Waals surface area contributed by atoms with Gasteiger partial charge in [-0.15, -0.1) is 0 Å². The van der Waals surface area contributed by atoms with Crippen molar-refractivity contribution in [2.45, 2.75) is 38.8 Å². The van der Waals surface area contributed by atoms with Crippen molar-refractivity contribution in [1.82, 2.24) is 19.9 Å². The van der Waals surface area contributed by atoms with Crippen molar-refractivity contribution in [3.05, 3.63) is 57.5 Å². The number of carbonyl (C=O) groups excluding carboxylic acids is 1. The predicted molar refractivity (Wildman–Crippen MR) is 92.2 cm³/mol. The van der Waals surface area contributed by atoms with Crippen LogP contribution in [-0.4, -0.2) is 27.0 Å². The third-order valence-electron chi connectivity index (χ3n) is 4.45. The van der Waals surface area contributed by atoms with Gasteiger partial charge in [0, 0.05) is 43.9 Å². The predicted octanol–water partition coefficient (Wildman–Crippen LogP) is 1.66. The van der Waals surface area contributed by atoms with E-state index in [2.05, 4.69) is 15.3 Å². The molecule has 0 bridgehead atoms. The van der Waals surface area contributed by atoms with Crippen LogP contribution in [0.2, 0.25) is 0 Å². The first-order chi connectivity index (χ1) is 12.1. The zero-order chi connectivity index (χ0) is 17.8. The van der Waals surface area contributed by atoms with Crippen LogP contribution in [-0.2, 0) is 18.3 Å². The second-order valence-electron chi connectivity index (χ2n) is 6.24. The summed E-state index contributed by atoms with van der Waals surface area (Å²) in [5.41, 5.74) is 1.40. The molecule has 1 N–H and O–H groups in total. The summed E-state index contributed by atoms with van der Waals surface area (Å²) in [7, 11) is 1.65. The summed E-state index contributed by atoms with van der Waals surface area (Å²) in [6.45, 7) is 2.83. The normalized spacial score (nSPS) is 17.3. The number of hydrogen-bond acceptors (Lipinski definition) is 5. The number of amides is 1. The summed E-state index contributed by atoms with van der Waals surface area (Å²) in [6.07, 6.45) is 6.48. The first kappa shape index (κ1) is 17.3. The number of aromatic nitrogens is 3. The van der Waals surface area contributed by atoms with E-state index in [1.165, 1.54) is 4.57 Å². The summed E-state index contributed by atoms with van der Waals surface area (Å²) in [5, 5.41) is 2.74. The Labute approximate surface area is 146 Å². The van der Waals surface area contributed by atoms with E-state index < -0.39 is 5.91 Å². The Morgan fingerprint density at radius 3 is 2.76 bits per heavy atom. The van der Waals surface area contributed by atoms with E-state index in [0.29, 0.717) is 5.82 Å². The molecular formula is C18H22N4O3. The van der Waals surface area contributed by atoms with Gasteiger partial charge in [0.2, 0.25) is 0 Å². The van der Waals surface area contributed by atoms with Crippen LogP contribution in [0.25, 0.3) is 0 Å². The Bertz CT molecular complexity index is 808. The number of pyridine rings is 1. The molecule has 2 aromatic rings. The van der Waals surface area contributed by atoms with Gasteiger partial charge in [0.25, 0.3) is 11.5 Å². The highest BCUT2D eigenvalue weighted by Crippen LogP contribution is 2.24. The molecule has 3 heterocycles. The van der Waals surface area contributed by atoms with Crippen molar-refractivity contribution in [3.63, 3.8) is 0 Å². The number of aryl methyl sites for hydroxylation is 1. The van der Waals surface area contributed by atoms with Crippen LogP contribution < -0.4 is 10.9 Å². The van der Waals surface area contributed by atoms with Crippen LogP contribution in [0.1, 0.15) is 52.8 Å². The first-order valence-corrected chi connectivity index (χ1v) is 8.43. The van der Waals surface area contributed by atoms with Crippen LogP contribution in [0, 0.1) is 6.92 Å². The van der Waals surface area contributed by atoms with E-state index in [9.17, 15) is 9.59 Å². The molecule has 1 saturated heterocycles. The highest BCUT2D eigenvalue weighted by atomic mass is 16.5. The number of nitrogens with one attached hydrogen (secondary N) is 1. The number of rotatable bonds is 4. The largest absolute Gasteiger partial charge is 0.370 e.